The van der Waals surface area contributed by atoms with E-state index in [9.17, 15) is 8.42 Å². The fourth-order valence-corrected chi connectivity index (χ4v) is 4.62. The number of hydrogen-bond acceptors (Lipinski definition) is 3. The minimum atomic E-state index is -3.50. The molecule has 5 heteroatoms. The van der Waals surface area contributed by atoms with Crippen LogP contribution in [0.15, 0.2) is 41.3 Å². The van der Waals surface area contributed by atoms with E-state index in [-0.39, 0.29) is 6.04 Å². The highest BCUT2D eigenvalue weighted by Gasteiger charge is 2.27. The molecule has 2 aromatic carbocycles. The zero-order valence-corrected chi connectivity index (χ0v) is 12.9. The topological polar surface area (TPSA) is 72.2 Å². The maximum Gasteiger partial charge on any atom is 0.241 e. The minimum absolute atomic E-state index is 0.0500. The Hall–Kier alpha value is -1.59. The molecule has 2 aromatic rings. The maximum atomic E-state index is 12.7. The van der Waals surface area contributed by atoms with Gasteiger partial charge >= 0.3 is 0 Å². The Morgan fingerprint density at radius 1 is 1.19 bits per heavy atom. The molecular formula is C16H20N2O2S. The maximum absolute atomic E-state index is 12.7. The van der Waals surface area contributed by atoms with E-state index in [0.29, 0.717) is 21.9 Å². The first-order chi connectivity index (χ1) is 9.95. The molecule has 4 nitrogen and oxygen atoms in total. The number of rotatable bonds is 3. The van der Waals surface area contributed by atoms with Gasteiger partial charge in [-0.15, -0.1) is 0 Å². The Bertz CT molecular complexity index is 771. The van der Waals surface area contributed by atoms with Gasteiger partial charge in [0.25, 0.3) is 0 Å². The Morgan fingerprint density at radius 3 is 2.71 bits per heavy atom. The lowest BCUT2D eigenvalue weighted by atomic mass is 10.1. The van der Waals surface area contributed by atoms with E-state index in [1.54, 1.807) is 30.3 Å². The van der Waals surface area contributed by atoms with E-state index in [2.05, 4.69) is 11.6 Å². The molecule has 0 bridgehead atoms. The van der Waals surface area contributed by atoms with Crippen molar-refractivity contribution in [3.63, 3.8) is 0 Å². The van der Waals surface area contributed by atoms with Crippen LogP contribution >= 0.6 is 0 Å². The quantitative estimate of drug-likeness (QED) is 0.856. The molecule has 0 amide bonds. The minimum Gasteiger partial charge on any atom is -0.399 e. The number of nitrogens with two attached hydrogens (primary N) is 1. The van der Waals surface area contributed by atoms with E-state index in [4.69, 9.17) is 5.73 Å². The van der Waals surface area contributed by atoms with E-state index < -0.39 is 10.0 Å². The highest BCUT2D eigenvalue weighted by Crippen LogP contribution is 2.28. The molecule has 0 aliphatic heterocycles. The van der Waals surface area contributed by atoms with Crippen LogP contribution in [0.2, 0.25) is 0 Å². The molecule has 3 rings (SSSR count). The van der Waals surface area contributed by atoms with Crippen LogP contribution in [0.5, 0.6) is 0 Å². The van der Waals surface area contributed by atoms with Crippen molar-refractivity contribution >= 4 is 26.5 Å². The summed E-state index contributed by atoms with van der Waals surface area (Å²) in [5.74, 6) is 0.588. The number of nitrogens with one attached hydrogen (secondary N) is 1. The molecule has 0 saturated heterocycles. The molecule has 0 aromatic heterocycles. The van der Waals surface area contributed by atoms with Gasteiger partial charge in [-0.2, -0.15) is 0 Å². The SMILES string of the molecule is CC1CCC(NS(=O)(=O)c2cccc3cc(N)ccc23)C1. The smallest absolute Gasteiger partial charge is 0.241 e. The largest absolute Gasteiger partial charge is 0.399 e. The molecule has 1 aliphatic carbocycles. The van der Waals surface area contributed by atoms with Gasteiger partial charge in [0, 0.05) is 17.1 Å². The predicted octanol–water partition coefficient (Wildman–Crippen LogP) is 2.89. The molecular weight excluding hydrogens is 284 g/mol. The molecule has 2 atom stereocenters. The number of benzene rings is 2. The van der Waals surface area contributed by atoms with Crippen LogP contribution in [0.4, 0.5) is 5.69 Å². The second kappa shape index (κ2) is 5.31. The summed E-state index contributed by atoms with van der Waals surface area (Å²) in [7, 11) is -3.50. The predicted molar refractivity (Wildman–Crippen MR) is 85.5 cm³/mol. The molecule has 21 heavy (non-hydrogen) atoms. The van der Waals surface area contributed by atoms with Crippen LogP contribution in [0, 0.1) is 5.92 Å². The van der Waals surface area contributed by atoms with Crippen LogP contribution in [-0.2, 0) is 10.0 Å². The summed E-state index contributed by atoms with van der Waals surface area (Å²) in [6, 6.07) is 10.6. The van der Waals surface area contributed by atoms with Crippen LogP contribution in [0.1, 0.15) is 26.2 Å². The van der Waals surface area contributed by atoms with Crippen LogP contribution in [0.25, 0.3) is 10.8 Å². The molecule has 1 aliphatic rings. The van der Waals surface area contributed by atoms with Gasteiger partial charge in [-0.1, -0.05) is 25.1 Å². The summed E-state index contributed by atoms with van der Waals surface area (Å²) in [4.78, 5) is 0.333. The van der Waals surface area contributed by atoms with Gasteiger partial charge in [0.15, 0.2) is 0 Å². The summed E-state index contributed by atoms with van der Waals surface area (Å²) in [6.07, 6.45) is 2.91. The van der Waals surface area contributed by atoms with Gasteiger partial charge in [0.2, 0.25) is 10.0 Å². The third-order valence-electron chi connectivity index (χ3n) is 4.17. The number of hydrogen-bond donors (Lipinski definition) is 2. The van der Waals surface area contributed by atoms with Crippen molar-refractivity contribution in [1.82, 2.24) is 4.72 Å². The van der Waals surface area contributed by atoms with E-state index in [0.717, 1.165) is 24.6 Å². The monoisotopic (exact) mass is 304 g/mol. The molecule has 112 valence electrons. The van der Waals surface area contributed by atoms with Gasteiger partial charge in [-0.3, -0.25) is 0 Å². The molecule has 0 spiro atoms. The molecule has 1 fully saturated rings. The number of anilines is 1. The van der Waals surface area contributed by atoms with E-state index in [1.807, 2.05) is 6.07 Å². The lowest BCUT2D eigenvalue weighted by molar-refractivity contribution is 0.539. The number of fused-ring (bicyclic) bond motifs is 1. The normalized spacial score (nSPS) is 22.7. The summed E-state index contributed by atoms with van der Waals surface area (Å²) < 4.78 is 28.2. The number of nitrogen functional groups attached to an aromatic ring is 1. The second-order valence-electron chi connectivity index (χ2n) is 5.97. The zero-order chi connectivity index (χ0) is 15.0. The lowest BCUT2D eigenvalue weighted by Gasteiger charge is -2.14. The first-order valence-corrected chi connectivity index (χ1v) is 8.74. The molecule has 0 radical (unpaired) electrons. The number of sulfonamides is 1. The second-order valence-corrected chi connectivity index (χ2v) is 7.66. The Morgan fingerprint density at radius 2 is 2.00 bits per heavy atom. The van der Waals surface area contributed by atoms with Gasteiger partial charge in [-0.05, 0) is 48.8 Å². The first kappa shape index (κ1) is 14.4. The van der Waals surface area contributed by atoms with Crippen molar-refractivity contribution in [3.8, 4) is 0 Å². The molecule has 0 heterocycles. The summed E-state index contributed by atoms with van der Waals surface area (Å²) >= 11 is 0. The van der Waals surface area contributed by atoms with E-state index >= 15 is 0 Å². The van der Waals surface area contributed by atoms with Crippen molar-refractivity contribution in [3.05, 3.63) is 36.4 Å². The first-order valence-electron chi connectivity index (χ1n) is 7.26. The van der Waals surface area contributed by atoms with Crippen molar-refractivity contribution in [2.45, 2.75) is 37.1 Å². The summed E-state index contributed by atoms with van der Waals surface area (Å²) in [5, 5.41) is 1.56. The van der Waals surface area contributed by atoms with Crippen LogP contribution < -0.4 is 10.5 Å². The highest BCUT2D eigenvalue weighted by molar-refractivity contribution is 7.89. The Labute approximate surface area is 125 Å². The summed E-state index contributed by atoms with van der Waals surface area (Å²) in [6.45, 7) is 2.16. The third kappa shape index (κ3) is 2.89. The van der Waals surface area contributed by atoms with Gasteiger partial charge < -0.3 is 5.73 Å². The molecule has 2 unspecified atom stereocenters. The van der Waals surface area contributed by atoms with Gasteiger partial charge in [-0.25, -0.2) is 13.1 Å². The fraction of sp³-hybridized carbons (Fsp3) is 0.375. The average molecular weight is 304 g/mol. The van der Waals surface area contributed by atoms with Crippen LogP contribution in [0.3, 0.4) is 0 Å². The Kier molecular flexibility index (Phi) is 3.63. The van der Waals surface area contributed by atoms with Gasteiger partial charge in [0.1, 0.15) is 0 Å². The van der Waals surface area contributed by atoms with Crippen molar-refractivity contribution in [1.29, 1.82) is 0 Å². The standard InChI is InChI=1S/C16H20N2O2S/c1-11-5-7-14(9-11)18-21(19,20)16-4-2-3-12-10-13(17)6-8-15(12)16/h2-4,6,8,10-11,14,18H,5,7,9,17H2,1H3. The average Bonchev–Trinajstić information content (AvgIpc) is 2.82. The fourth-order valence-electron chi connectivity index (χ4n) is 3.10. The van der Waals surface area contributed by atoms with E-state index in [1.165, 1.54) is 0 Å². The van der Waals surface area contributed by atoms with Gasteiger partial charge in [0.05, 0.1) is 4.90 Å². The molecule has 1 saturated carbocycles. The van der Waals surface area contributed by atoms with Crippen LogP contribution in [-0.4, -0.2) is 14.5 Å². The summed E-state index contributed by atoms with van der Waals surface area (Å²) in [5.41, 5.74) is 6.40. The van der Waals surface area contributed by atoms with Crippen molar-refractivity contribution < 1.29 is 8.42 Å². The van der Waals surface area contributed by atoms with Crippen molar-refractivity contribution in [2.75, 3.05) is 5.73 Å². The zero-order valence-electron chi connectivity index (χ0n) is 12.0. The third-order valence-corrected chi connectivity index (χ3v) is 5.75. The highest BCUT2D eigenvalue weighted by atomic mass is 32.2. The lowest BCUT2D eigenvalue weighted by Crippen LogP contribution is -2.33. The molecule has 3 N–H and O–H groups in total. The Balaban J connectivity index is 1.99. The van der Waals surface area contributed by atoms with Crippen molar-refractivity contribution in [2.24, 2.45) is 5.92 Å².